The molecule has 104 heavy (non-hydrogen) atoms. The van der Waals surface area contributed by atoms with E-state index in [2.05, 4.69) is 89.1 Å². The van der Waals surface area contributed by atoms with Crippen molar-refractivity contribution in [1.82, 2.24) is 15.1 Å². The number of ether oxygens (including phenoxy) is 9. The average molecular weight is 1830 g/mol. The molecule has 3 spiro atoms. The number of carboxylic acid groups (broad SMARTS) is 3. The minimum atomic E-state index is -1.80. The van der Waals surface area contributed by atoms with Crippen molar-refractivity contribution in [2.45, 2.75) is 237 Å². The molecule has 9 fully saturated rings. The van der Waals surface area contributed by atoms with Crippen LogP contribution in [0.1, 0.15) is 106 Å². The van der Waals surface area contributed by atoms with E-state index >= 15 is 0 Å². The molecule has 9 heterocycles. The van der Waals surface area contributed by atoms with Crippen LogP contribution in [-0.2, 0) is 83.4 Å². The number of hydrogen-bond donors (Lipinski definition) is 13. The number of rotatable bonds is 9. The van der Waals surface area contributed by atoms with E-state index in [1.54, 1.807) is 18.2 Å². The van der Waals surface area contributed by atoms with Crippen LogP contribution >= 0.6 is 59.9 Å². The third-order valence-electron chi connectivity index (χ3n) is 24.8. The number of halogens is 3. The molecule has 13 N–H and O–H groups in total. The number of aliphatic hydroxyl groups is 9. The summed E-state index contributed by atoms with van der Waals surface area (Å²) in [5.41, 5.74) is 4.97. The second-order valence-corrected chi connectivity index (χ2v) is 64.9. The van der Waals surface area contributed by atoms with E-state index in [1.165, 1.54) is 0 Å². The first-order chi connectivity index (χ1) is 48.5. The number of piperidine rings is 3. The topological polar surface area (TPSA) is 447 Å². The molecule has 0 aromatic heterocycles. The Morgan fingerprint density at radius 2 is 0.779 bits per heavy atom. The average Bonchev–Trinajstić information content (AvgIpc) is 1.50. The van der Waals surface area contributed by atoms with E-state index in [0.29, 0.717) is 48.6 Å². The van der Waals surface area contributed by atoms with Crippen molar-refractivity contribution in [3.8, 4) is 34.5 Å². The monoisotopic (exact) mass is 1830 g/mol. The van der Waals surface area contributed by atoms with Gasteiger partial charge >= 0.3 is 82.8 Å². The number of Topliss-reactive ketones (excluding diaryl/α,β-unsaturated/α-hetero) is 3. The van der Waals surface area contributed by atoms with Crippen LogP contribution < -0.4 is 33.7 Å². The van der Waals surface area contributed by atoms with Crippen molar-refractivity contribution in [2.75, 3.05) is 33.7 Å². The Hall–Kier alpha value is -3.95. The summed E-state index contributed by atoms with van der Waals surface area (Å²) < 4.78 is 52.3. The number of carbonyl (C=O) groups is 6. The summed E-state index contributed by atoms with van der Waals surface area (Å²) in [6.45, 7) is 2.49. The standard InChI is InChI=1S/2C23H27NO9.C22H25NO9.2CH4.3HI.V/c2*1-24-7-6-23-10-3-4-12(25)20(23)32-18-13(5-2-9(14(18)23)8-11(10)24)31-22-17(28)15(26)16(27)19(33-22)21(29)30;24-11-3-2-9-10-7-8-1-4-12(17-13(8)22(9,5-6-23-10)19(11)31-17)30-21-16(27)14(25)15(26)18(32-21)20(28)29;;;;;;/h2*2,5,10-11,15-17,19-20,22,26-28H,3-4,6-8H2,1H3,(H,29,30);1,4,9-10,14-16,18-19,21,23,25-27H,2-3,5-7H2,(H,28,29);2*1H4;3*1H;/q;;;;;;;;+3/p-3/t2*10-,11?,15-,16-,17+,19-,20-,22?,23?;9-,10?,14-,15-,16+,18-,19-,21?,22?;;;;;;/m000....../s1. The van der Waals surface area contributed by atoms with Crippen LogP contribution in [0.2, 0.25) is 0 Å². The van der Waals surface area contributed by atoms with Crippen LogP contribution in [0.5, 0.6) is 34.5 Å². The van der Waals surface area contributed by atoms with Crippen molar-refractivity contribution in [3.05, 3.63) is 69.8 Å². The molecule has 6 saturated heterocycles. The van der Waals surface area contributed by atoms with Gasteiger partial charge < -0.3 is 119 Å². The number of likely N-dealkylation sites (tertiary alicyclic amines) is 2. The summed E-state index contributed by atoms with van der Waals surface area (Å²) in [5, 5.41) is 123. The molecule has 3 aromatic carbocycles. The Bertz CT molecular complexity index is 3740. The van der Waals surface area contributed by atoms with Crippen LogP contribution in [0.25, 0.3) is 0 Å². The van der Waals surface area contributed by atoms with E-state index in [9.17, 15) is 90.0 Å². The molecule has 15 aliphatic rings. The van der Waals surface area contributed by atoms with Crippen LogP contribution in [-0.4, -0.2) is 269 Å². The third-order valence-corrected chi connectivity index (χ3v) is 24.8. The van der Waals surface area contributed by atoms with Gasteiger partial charge in [-0.05, 0) is 144 Å². The summed E-state index contributed by atoms with van der Waals surface area (Å²) in [4.78, 5) is 77.6. The van der Waals surface area contributed by atoms with Crippen molar-refractivity contribution in [2.24, 2.45) is 17.8 Å². The Morgan fingerprint density at radius 1 is 0.471 bits per heavy atom. The van der Waals surface area contributed by atoms with Crippen molar-refractivity contribution >= 4 is 95.2 Å². The molecule has 30 nitrogen and oxygen atoms in total. The molecular formula is C70H87I3N3O27V. The Labute approximate surface area is 635 Å². The second kappa shape index (κ2) is 29.4. The predicted octanol–water partition coefficient (Wildman–Crippen LogP) is 1.17. The number of benzene rings is 3. The summed E-state index contributed by atoms with van der Waals surface area (Å²) in [6.07, 6.45) is -18.8. The number of carbonyl (C=O) groups excluding carboxylic acids is 3. The zero-order valence-electron chi connectivity index (χ0n) is 54.9. The fourth-order valence-corrected chi connectivity index (χ4v) is 20.4. The van der Waals surface area contributed by atoms with Gasteiger partial charge in [0, 0.05) is 70.3 Å². The van der Waals surface area contributed by atoms with E-state index < -0.39 is 145 Å². The van der Waals surface area contributed by atoms with Crippen molar-refractivity contribution < 1.29 is 138 Å². The number of carboxylic acids is 3. The van der Waals surface area contributed by atoms with Gasteiger partial charge in [0.1, 0.15) is 54.9 Å². The molecule has 3 aromatic rings. The van der Waals surface area contributed by atoms with Gasteiger partial charge in [-0.15, -0.1) is 0 Å². The van der Waals surface area contributed by atoms with Gasteiger partial charge in [0.15, 0.2) is 88.5 Å². The molecule has 6 aliphatic carbocycles. The maximum absolute atomic E-state index is 13.0. The summed E-state index contributed by atoms with van der Waals surface area (Å²) in [7, 11) is 4.26. The molecule has 18 rings (SSSR count). The van der Waals surface area contributed by atoms with Gasteiger partial charge in [0.2, 0.25) is 18.9 Å². The SMILES string of the molecule is C.C.CN1CCC23c4c5ccc(OC6O[C@H](C(=O)O)[C@@H](O)[C@H](O)[C@H]6O)c4O[C@H]2C(=O)CC[C@H]3C1C5.CN1CCC23c4c5ccc(OC6O[C@H](C(=O)O)[C@@H](O)[C@H](O)[C@H]6O)c4O[C@H]2C(=O)CC[C@H]3C1C5.O=C(O)[C@H]1OC(Oc2ccc3c4c2O[C@H]2C(=O)CC[C@H]5C(C3)NCCC425)[C@H](O)[C@@H](O)[C@@H]1O.[I][V]([I])[I]. The first-order valence-electron chi connectivity index (χ1n) is 34.3. The number of hydrogen-bond acceptors (Lipinski definition) is 27. The molecule has 3 saturated carbocycles. The van der Waals surface area contributed by atoms with Gasteiger partial charge in [-0.2, -0.15) is 0 Å². The molecule has 0 amide bonds. The number of aliphatic carboxylic acids is 3. The third kappa shape index (κ3) is 12.2. The minimum absolute atomic E-state index is 0. The number of aliphatic hydroxyl groups excluding tert-OH is 9. The van der Waals surface area contributed by atoms with E-state index in [1.807, 2.05) is 18.2 Å². The molecule has 34 heteroatoms. The van der Waals surface area contributed by atoms with Crippen LogP contribution in [0.4, 0.5) is 0 Å². The normalized spacial score (nSPS) is 41.5. The molecular weight excluding hydrogens is 1750 g/mol. The fourth-order valence-electron chi connectivity index (χ4n) is 20.4. The predicted molar refractivity (Wildman–Crippen MR) is 381 cm³/mol. The van der Waals surface area contributed by atoms with Crippen molar-refractivity contribution in [3.63, 3.8) is 0 Å². The number of nitrogens with one attached hydrogen (secondary N) is 1. The first kappa shape index (κ1) is 78.2. The van der Waals surface area contributed by atoms with Crippen LogP contribution in [0, 0.1) is 17.8 Å². The Kier molecular flexibility index (Phi) is 22.1. The van der Waals surface area contributed by atoms with Gasteiger partial charge in [0.05, 0.1) is 0 Å². The van der Waals surface area contributed by atoms with Crippen molar-refractivity contribution in [1.29, 1.82) is 0 Å². The molecule has 6 bridgehead atoms. The quantitative estimate of drug-likeness (QED) is 0.134. The number of ketones is 3. The molecule has 9 unspecified atom stereocenters. The fraction of sp³-hybridized carbons (Fsp3) is 0.657. The Morgan fingerprint density at radius 3 is 1.11 bits per heavy atom. The van der Waals surface area contributed by atoms with E-state index in [0.717, 1.165) is 111 Å². The zero-order chi connectivity index (χ0) is 72.4. The first-order valence-corrected chi connectivity index (χ1v) is 47.8. The van der Waals surface area contributed by atoms with Gasteiger partial charge in [-0.25, -0.2) is 14.4 Å². The van der Waals surface area contributed by atoms with Gasteiger partial charge in [0.25, 0.3) is 0 Å². The maximum atomic E-state index is 13.0. The van der Waals surface area contributed by atoms with Crippen LogP contribution in [0.15, 0.2) is 36.4 Å². The zero-order valence-corrected chi connectivity index (χ0v) is 62.8. The van der Waals surface area contributed by atoms with Crippen LogP contribution in [0.3, 0.4) is 0 Å². The number of likely N-dealkylation sites (N-methyl/N-ethyl adjacent to an activating group) is 2. The van der Waals surface area contributed by atoms with Gasteiger partial charge in [-0.1, -0.05) is 33.1 Å². The molecule has 0 radical (unpaired) electrons. The van der Waals surface area contributed by atoms with E-state index in [4.69, 9.17) is 42.6 Å². The number of nitrogens with zero attached hydrogens (tertiary/aromatic N) is 2. The van der Waals surface area contributed by atoms with Gasteiger partial charge in [-0.3, -0.25) is 14.4 Å². The summed E-state index contributed by atoms with van der Waals surface area (Å²) in [6, 6.07) is 11.7. The second-order valence-electron chi connectivity index (χ2n) is 29.5. The molecule has 27 atom stereocenters. The summed E-state index contributed by atoms with van der Waals surface area (Å²) >= 11 is 7.39. The Balaban J connectivity index is 0.000000134. The van der Waals surface area contributed by atoms with E-state index in [-0.39, 0.29) is 78.2 Å². The summed E-state index contributed by atoms with van der Waals surface area (Å²) in [5.74, 6) is -1.45. The molecule has 570 valence electrons. The molecule has 9 aliphatic heterocycles.